The van der Waals surface area contributed by atoms with Crippen LogP contribution in [-0.4, -0.2) is 16.1 Å². The number of carboxylic acid groups (broad SMARTS) is 1. The standard InChI is InChI=1S/C12H7Cl2FN2O2/c13-8-3-7(15)4-9(14)11(8)17-10-2-1-6(5-16-10)12(18)19/h1-5H,(H,16,17)(H,18,19). The van der Waals surface area contributed by atoms with Gasteiger partial charge in [-0.15, -0.1) is 0 Å². The number of hydrogen-bond acceptors (Lipinski definition) is 3. The first-order chi connectivity index (χ1) is 8.97. The Hall–Kier alpha value is -1.85. The van der Waals surface area contributed by atoms with Gasteiger partial charge in [-0.05, 0) is 24.3 Å². The molecular formula is C12H7Cl2FN2O2. The van der Waals surface area contributed by atoms with Gasteiger partial charge in [0.1, 0.15) is 11.6 Å². The molecule has 1 aromatic heterocycles. The third-order valence-electron chi connectivity index (χ3n) is 2.27. The molecule has 98 valence electrons. The van der Waals surface area contributed by atoms with E-state index in [4.69, 9.17) is 28.3 Å². The smallest absolute Gasteiger partial charge is 0.337 e. The highest BCUT2D eigenvalue weighted by Crippen LogP contribution is 2.33. The fourth-order valence-electron chi connectivity index (χ4n) is 1.38. The Morgan fingerprint density at radius 3 is 2.37 bits per heavy atom. The first kappa shape index (κ1) is 13.6. The minimum Gasteiger partial charge on any atom is -0.478 e. The van der Waals surface area contributed by atoms with Crippen molar-refractivity contribution in [1.82, 2.24) is 4.98 Å². The Kier molecular flexibility index (Phi) is 3.87. The molecule has 0 radical (unpaired) electrons. The topological polar surface area (TPSA) is 62.2 Å². The van der Waals surface area contributed by atoms with Crippen LogP contribution in [0.25, 0.3) is 0 Å². The number of nitrogens with one attached hydrogen (secondary N) is 1. The number of carbonyl (C=O) groups is 1. The quantitative estimate of drug-likeness (QED) is 0.900. The van der Waals surface area contributed by atoms with Crippen LogP contribution in [0.3, 0.4) is 0 Å². The molecule has 1 heterocycles. The van der Waals surface area contributed by atoms with E-state index in [0.29, 0.717) is 11.5 Å². The second-order valence-electron chi connectivity index (χ2n) is 3.61. The summed E-state index contributed by atoms with van der Waals surface area (Å²) in [5, 5.41) is 11.8. The summed E-state index contributed by atoms with van der Waals surface area (Å²) < 4.78 is 13.0. The first-order valence-electron chi connectivity index (χ1n) is 5.08. The van der Waals surface area contributed by atoms with E-state index in [1.54, 1.807) is 0 Å². The molecule has 2 rings (SSSR count). The van der Waals surface area contributed by atoms with E-state index in [1.807, 2.05) is 0 Å². The van der Waals surface area contributed by atoms with Crippen molar-refractivity contribution >= 4 is 40.7 Å². The molecule has 0 aliphatic heterocycles. The van der Waals surface area contributed by atoms with E-state index < -0.39 is 11.8 Å². The van der Waals surface area contributed by atoms with E-state index in [9.17, 15) is 9.18 Å². The molecule has 0 saturated carbocycles. The molecule has 7 heteroatoms. The van der Waals surface area contributed by atoms with Crippen molar-refractivity contribution < 1.29 is 14.3 Å². The second-order valence-corrected chi connectivity index (χ2v) is 4.42. The summed E-state index contributed by atoms with van der Waals surface area (Å²) in [7, 11) is 0. The number of carboxylic acids is 1. The average Bonchev–Trinajstić information content (AvgIpc) is 2.34. The monoisotopic (exact) mass is 300 g/mol. The Morgan fingerprint density at radius 1 is 1.26 bits per heavy atom. The van der Waals surface area contributed by atoms with Gasteiger partial charge in [-0.3, -0.25) is 0 Å². The molecule has 0 aliphatic carbocycles. The largest absolute Gasteiger partial charge is 0.478 e. The van der Waals surface area contributed by atoms with Crippen molar-refractivity contribution in [2.75, 3.05) is 5.32 Å². The summed E-state index contributed by atoms with van der Waals surface area (Å²) in [6, 6.07) is 5.06. The summed E-state index contributed by atoms with van der Waals surface area (Å²) in [4.78, 5) is 14.6. The summed E-state index contributed by atoms with van der Waals surface area (Å²) in [6.07, 6.45) is 1.19. The SMILES string of the molecule is O=C(O)c1ccc(Nc2c(Cl)cc(F)cc2Cl)nc1. The van der Waals surface area contributed by atoms with E-state index >= 15 is 0 Å². The maximum absolute atomic E-state index is 13.0. The zero-order valence-electron chi connectivity index (χ0n) is 9.32. The van der Waals surface area contributed by atoms with Crippen LogP contribution in [0.4, 0.5) is 15.9 Å². The fraction of sp³-hybridized carbons (Fsp3) is 0. The molecule has 1 aromatic carbocycles. The van der Waals surface area contributed by atoms with E-state index in [2.05, 4.69) is 10.3 Å². The van der Waals surface area contributed by atoms with Gasteiger partial charge in [-0.1, -0.05) is 23.2 Å². The van der Waals surface area contributed by atoms with Crippen molar-refractivity contribution in [3.8, 4) is 0 Å². The number of aromatic carboxylic acids is 1. The normalized spacial score (nSPS) is 10.3. The van der Waals surface area contributed by atoms with Crippen LogP contribution >= 0.6 is 23.2 Å². The van der Waals surface area contributed by atoms with Crippen LogP contribution in [0.2, 0.25) is 10.0 Å². The Bertz CT molecular complexity index is 609. The van der Waals surface area contributed by atoms with Crippen LogP contribution < -0.4 is 5.32 Å². The number of aromatic nitrogens is 1. The molecule has 0 unspecified atom stereocenters. The Morgan fingerprint density at radius 2 is 1.89 bits per heavy atom. The zero-order valence-corrected chi connectivity index (χ0v) is 10.8. The van der Waals surface area contributed by atoms with E-state index in [1.165, 1.54) is 18.3 Å². The molecular weight excluding hydrogens is 294 g/mol. The molecule has 2 aromatic rings. The van der Waals surface area contributed by atoms with Crippen molar-refractivity contribution in [3.63, 3.8) is 0 Å². The van der Waals surface area contributed by atoms with Gasteiger partial charge in [-0.2, -0.15) is 0 Å². The molecule has 0 saturated heterocycles. The first-order valence-corrected chi connectivity index (χ1v) is 5.84. The summed E-state index contributed by atoms with van der Waals surface area (Å²) in [5.74, 6) is -1.27. The fourth-order valence-corrected chi connectivity index (χ4v) is 1.94. The van der Waals surface area contributed by atoms with Gasteiger partial charge >= 0.3 is 5.97 Å². The maximum atomic E-state index is 13.0. The molecule has 0 fully saturated rings. The molecule has 0 bridgehead atoms. The summed E-state index contributed by atoms with van der Waals surface area (Å²) in [5.41, 5.74) is 0.363. The van der Waals surface area contributed by atoms with Crippen LogP contribution in [0.5, 0.6) is 0 Å². The third kappa shape index (κ3) is 3.13. The highest BCUT2D eigenvalue weighted by Gasteiger charge is 2.10. The maximum Gasteiger partial charge on any atom is 0.337 e. The molecule has 0 aliphatic rings. The van der Waals surface area contributed by atoms with Gasteiger partial charge in [0.05, 0.1) is 21.3 Å². The van der Waals surface area contributed by atoms with E-state index in [-0.39, 0.29) is 15.6 Å². The minimum absolute atomic E-state index is 0.0573. The zero-order chi connectivity index (χ0) is 14.0. The van der Waals surface area contributed by atoms with E-state index in [0.717, 1.165) is 12.1 Å². The van der Waals surface area contributed by atoms with Gasteiger partial charge in [0, 0.05) is 6.20 Å². The van der Waals surface area contributed by atoms with Gasteiger partial charge in [0.2, 0.25) is 0 Å². The lowest BCUT2D eigenvalue weighted by Crippen LogP contribution is -2.00. The predicted molar refractivity (Wildman–Crippen MR) is 70.9 cm³/mol. The van der Waals surface area contributed by atoms with Crippen LogP contribution in [-0.2, 0) is 0 Å². The molecule has 2 N–H and O–H groups in total. The number of nitrogens with zero attached hydrogens (tertiary/aromatic N) is 1. The highest BCUT2D eigenvalue weighted by molar-refractivity contribution is 6.39. The number of hydrogen-bond donors (Lipinski definition) is 2. The lowest BCUT2D eigenvalue weighted by molar-refractivity contribution is 0.0696. The predicted octanol–water partition coefficient (Wildman–Crippen LogP) is 3.97. The molecule has 0 spiro atoms. The van der Waals surface area contributed by atoms with Crippen molar-refractivity contribution in [2.24, 2.45) is 0 Å². The second kappa shape index (κ2) is 5.42. The Balaban J connectivity index is 2.29. The third-order valence-corrected chi connectivity index (χ3v) is 2.87. The van der Waals surface area contributed by atoms with Crippen molar-refractivity contribution in [1.29, 1.82) is 0 Å². The van der Waals surface area contributed by atoms with Crippen LogP contribution in [0.15, 0.2) is 30.5 Å². The highest BCUT2D eigenvalue weighted by atomic mass is 35.5. The Labute approximate surface area is 117 Å². The number of pyridine rings is 1. The number of halogens is 3. The van der Waals surface area contributed by atoms with Crippen LogP contribution in [0.1, 0.15) is 10.4 Å². The average molecular weight is 301 g/mol. The summed E-state index contributed by atoms with van der Waals surface area (Å²) >= 11 is 11.7. The number of anilines is 2. The molecule has 19 heavy (non-hydrogen) atoms. The minimum atomic E-state index is -1.07. The van der Waals surface area contributed by atoms with Gasteiger partial charge < -0.3 is 10.4 Å². The molecule has 0 amide bonds. The van der Waals surface area contributed by atoms with Gasteiger partial charge in [0.25, 0.3) is 0 Å². The molecule has 4 nitrogen and oxygen atoms in total. The number of rotatable bonds is 3. The van der Waals surface area contributed by atoms with Crippen LogP contribution in [0, 0.1) is 5.82 Å². The number of benzene rings is 1. The lowest BCUT2D eigenvalue weighted by Gasteiger charge is -2.09. The molecule has 0 atom stereocenters. The van der Waals surface area contributed by atoms with Crippen molar-refractivity contribution in [3.05, 3.63) is 51.9 Å². The van der Waals surface area contributed by atoms with Crippen molar-refractivity contribution in [2.45, 2.75) is 0 Å². The lowest BCUT2D eigenvalue weighted by atomic mass is 10.2. The summed E-state index contributed by atoms with van der Waals surface area (Å²) in [6.45, 7) is 0. The van der Waals surface area contributed by atoms with Gasteiger partial charge in [0.15, 0.2) is 0 Å². The van der Waals surface area contributed by atoms with Gasteiger partial charge in [-0.25, -0.2) is 14.2 Å².